The van der Waals surface area contributed by atoms with Crippen LogP contribution in [0.1, 0.15) is 22.6 Å². The van der Waals surface area contributed by atoms with Crippen molar-refractivity contribution in [2.45, 2.75) is 19.9 Å². The molecule has 1 amide bonds. The quantitative estimate of drug-likeness (QED) is 0.578. The molecular formula is C17H17ClN4O. The van der Waals surface area contributed by atoms with Crippen molar-refractivity contribution in [3.8, 4) is 0 Å². The van der Waals surface area contributed by atoms with Crippen LogP contribution < -0.4 is 5.32 Å². The third-order valence-corrected chi connectivity index (χ3v) is 3.88. The van der Waals surface area contributed by atoms with Gasteiger partial charge in [-0.25, -0.2) is 9.97 Å². The second-order valence-corrected chi connectivity index (χ2v) is 5.66. The van der Waals surface area contributed by atoms with E-state index < -0.39 is 0 Å². The first-order valence-electron chi connectivity index (χ1n) is 7.47. The lowest BCUT2D eigenvalue weighted by molar-refractivity contribution is 0.0952. The summed E-state index contributed by atoms with van der Waals surface area (Å²) in [5.41, 5.74) is 2.65. The van der Waals surface area contributed by atoms with E-state index in [2.05, 4.69) is 25.9 Å². The van der Waals surface area contributed by atoms with Gasteiger partial charge in [0.05, 0.1) is 11.0 Å². The van der Waals surface area contributed by atoms with E-state index in [9.17, 15) is 4.79 Å². The summed E-state index contributed by atoms with van der Waals surface area (Å²) in [6, 6.07) is 11.3. The maximum Gasteiger partial charge on any atom is 0.251 e. The van der Waals surface area contributed by atoms with Crippen molar-refractivity contribution in [3.63, 3.8) is 0 Å². The summed E-state index contributed by atoms with van der Waals surface area (Å²) in [6.45, 7) is 3.39. The molecule has 0 atom stereocenters. The number of aromatic nitrogens is 3. The molecule has 0 unspecified atom stereocenters. The summed E-state index contributed by atoms with van der Waals surface area (Å²) in [5.74, 6) is 0.847. The summed E-state index contributed by atoms with van der Waals surface area (Å²) < 4.78 is 2.17. The highest BCUT2D eigenvalue weighted by Crippen LogP contribution is 2.15. The molecule has 0 fully saturated rings. The van der Waals surface area contributed by atoms with E-state index in [1.54, 1.807) is 12.1 Å². The number of hydrogen-bond acceptors (Lipinski definition) is 3. The fourth-order valence-electron chi connectivity index (χ4n) is 2.56. The number of benzene rings is 1. The minimum atomic E-state index is -0.137. The maximum absolute atomic E-state index is 12.0. The van der Waals surface area contributed by atoms with Crippen LogP contribution in [0.3, 0.4) is 0 Å². The second-order valence-electron chi connectivity index (χ2n) is 5.28. The average Bonchev–Trinajstić information content (AvgIpc) is 2.87. The Morgan fingerprint density at radius 3 is 2.96 bits per heavy atom. The summed E-state index contributed by atoms with van der Waals surface area (Å²) in [5, 5.41) is 3.21. The Balaban J connectivity index is 1.57. The molecular weight excluding hydrogens is 312 g/mol. The summed E-state index contributed by atoms with van der Waals surface area (Å²) in [7, 11) is 0. The molecule has 0 bridgehead atoms. The number of pyridine rings is 1. The number of aryl methyl sites for hydroxylation is 2. The van der Waals surface area contributed by atoms with Crippen LogP contribution in [0, 0.1) is 6.92 Å². The van der Waals surface area contributed by atoms with Crippen LogP contribution in [0.2, 0.25) is 5.15 Å². The Labute approximate surface area is 139 Å². The molecule has 2 heterocycles. The minimum absolute atomic E-state index is 0.137. The number of carbonyl (C=O) groups is 1. The van der Waals surface area contributed by atoms with Gasteiger partial charge in [-0.05, 0) is 37.6 Å². The van der Waals surface area contributed by atoms with Gasteiger partial charge in [0.1, 0.15) is 11.0 Å². The zero-order chi connectivity index (χ0) is 16.2. The number of para-hydroxylation sites is 2. The molecule has 1 aromatic carbocycles. The van der Waals surface area contributed by atoms with Gasteiger partial charge in [0.15, 0.2) is 0 Å². The normalized spacial score (nSPS) is 10.9. The molecule has 0 aliphatic heterocycles. The molecule has 0 spiro atoms. The lowest BCUT2D eigenvalue weighted by Crippen LogP contribution is -2.25. The van der Waals surface area contributed by atoms with Gasteiger partial charge in [-0.15, -0.1) is 0 Å². The van der Waals surface area contributed by atoms with Crippen LogP contribution in [0.15, 0.2) is 42.6 Å². The smallest absolute Gasteiger partial charge is 0.251 e. The van der Waals surface area contributed by atoms with Crippen molar-refractivity contribution in [3.05, 3.63) is 59.1 Å². The fourth-order valence-corrected chi connectivity index (χ4v) is 2.74. The number of hydrogen-bond donors (Lipinski definition) is 1. The Kier molecular flexibility index (Phi) is 4.57. The first-order chi connectivity index (χ1) is 11.1. The Hall–Kier alpha value is -2.40. The topological polar surface area (TPSA) is 59.8 Å². The molecule has 0 radical (unpaired) electrons. The van der Waals surface area contributed by atoms with Crippen molar-refractivity contribution >= 4 is 28.5 Å². The van der Waals surface area contributed by atoms with Gasteiger partial charge >= 0.3 is 0 Å². The lowest BCUT2D eigenvalue weighted by Gasteiger charge is -2.08. The fraction of sp³-hybridized carbons (Fsp3) is 0.235. The Morgan fingerprint density at radius 2 is 2.13 bits per heavy atom. The maximum atomic E-state index is 12.0. The van der Waals surface area contributed by atoms with E-state index in [1.807, 2.05) is 25.1 Å². The number of imidazole rings is 1. The number of rotatable bonds is 5. The van der Waals surface area contributed by atoms with Crippen LogP contribution >= 0.6 is 11.6 Å². The van der Waals surface area contributed by atoms with Crippen molar-refractivity contribution in [1.82, 2.24) is 19.9 Å². The standard InChI is InChI=1S/C17H17ClN4O/c1-12-21-14-5-2-3-6-15(14)22(12)10-4-8-20-17(23)13-7-9-19-16(18)11-13/h2-3,5-7,9,11H,4,8,10H2,1H3,(H,20,23). The molecule has 3 rings (SSSR count). The minimum Gasteiger partial charge on any atom is -0.352 e. The van der Waals surface area contributed by atoms with E-state index in [0.29, 0.717) is 17.3 Å². The molecule has 2 aromatic heterocycles. The molecule has 0 saturated carbocycles. The first-order valence-corrected chi connectivity index (χ1v) is 7.84. The molecule has 0 aliphatic carbocycles. The summed E-state index contributed by atoms with van der Waals surface area (Å²) in [4.78, 5) is 20.4. The predicted molar refractivity (Wildman–Crippen MR) is 90.7 cm³/mol. The molecule has 23 heavy (non-hydrogen) atoms. The molecule has 1 N–H and O–H groups in total. The Bertz CT molecular complexity index is 843. The highest BCUT2D eigenvalue weighted by Gasteiger charge is 2.08. The zero-order valence-electron chi connectivity index (χ0n) is 12.8. The van der Waals surface area contributed by atoms with Gasteiger partial charge in [0.2, 0.25) is 0 Å². The first kappa shape index (κ1) is 15.5. The predicted octanol–water partition coefficient (Wildman–Crippen LogP) is 3.21. The number of carbonyl (C=O) groups excluding carboxylic acids is 1. The van der Waals surface area contributed by atoms with Gasteiger partial charge in [-0.2, -0.15) is 0 Å². The Morgan fingerprint density at radius 1 is 1.30 bits per heavy atom. The third-order valence-electron chi connectivity index (χ3n) is 3.68. The van der Waals surface area contributed by atoms with Gasteiger partial charge in [-0.1, -0.05) is 23.7 Å². The van der Waals surface area contributed by atoms with Crippen molar-refractivity contribution in [2.24, 2.45) is 0 Å². The molecule has 0 aliphatic rings. The molecule has 118 valence electrons. The van der Waals surface area contributed by atoms with Crippen molar-refractivity contribution in [1.29, 1.82) is 0 Å². The molecule has 0 saturated heterocycles. The van der Waals surface area contributed by atoms with Gasteiger partial charge < -0.3 is 9.88 Å². The number of nitrogens with one attached hydrogen (secondary N) is 1. The second kappa shape index (κ2) is 6.79. The lowest BCUT2D eigenvalue weighted by atomic mass is 10.2. The highest BCUT2D eigenvalue weighted by atomic mass is 35.5. The van der Waals surface area contributed by atoms with Crippen LogP contribution in [-0.2, 0) is 6.54 Å². The van der Waals surface area contributed by atoms with E-state index in [4.69, 9.17) is 11.6 Å². The SMILES string of the molecule is Cc1nc2ccccc2n1CCCNC(=O)c1ccnc(Cl)c1. The number of nitrogens with zero attached hydrogens (tertiary/aromatic N) is 3. The molecule has 5 nitrogen and oxygen atoms in total. The van der Waals surface area contributed by atoms with Gasteiger partial charge in [0, 0.05) is 24.8 Å². The monoisotopic (exact) mass is 328 g/mol. The van der Waals surface area contributed by atoms with Gasteiger partial charge in [0.25, 0.3) is 5.91 Å². The zero-order valence-corrected chi connectivity index (χ0v) is 13.5. The number of halogens is 1. The highest BCUT2D eigenvalue weighted by molar-refractivity contribution is 6.29. The van der Waals surface area contributed by atoms with Gasteiger partial charge in [-0.3, -0.25) is 4.79 Å². The van der Waals surface area contributed by atoms with Crippen LogP contribution in [0.5, 0.6) is 0 Å². The molecule has 6 heteroatoms. The van der Waals surface area contributed by atoms with E-state index in [-0.39, 0.29) is 5.91 Å². The third kappa shape index (κ3) is 3.51. The van der Waals surface area contributed by atoms with Crippen molar-refractivity contribution in [2.75, 3.05) is 6.54 Å². The summed E-state index contributed by atoms with van der Waals surface area (Å²) >= 11 is 5.79. The summed E-state index contributed by atoms with van der Waals surface area (Å²) in [6.07, 6.45) is 2.35. The largest absolute Gasteiger partial charge is 0.352 e. The number of fused-ring (bicyclic) bond motifs is 1. The van der Waals surface area contributed by atoms with E-state index >= 15 is 0 Å². The van der Waals surface area contributed by atoms with Crippen LogP contribution in [0.4, 0.5) is 0 Å². The number of amides is 1. The van der Waals surface area contributed by atoms with Crippen LogP contribution in [0.25, 0.3) is 11.0 Å². The average molecular weight is 329 g/mol. The molecule has 3 aromatic rings. The van der Waals surface area contributed by atoms with Crippen molar-refractivity contribution < 1.29 is 4.79 Å². The van der Waals surface area contributed by atoms with E-state index in [0.717, 1.165) is 29.8 Å². The van der Waals surface area contributed by atoms with E-state index in [1.165, 1.54) is 6.20 Å². The van der Waals surface area contributed by atoms with Crippen LogP contribution in [-0.4, -0.2) is 27.0 Å².